The van der Waals surface area contributed by atoms with Crippen LogP contribution in [-0.4, -0.2) is 50.9 Å². The first kappa shape index (κ1) is 18.1. The molecule has 2 aromatic heterocycles. The number of anilines is 2. The summed E-state index contributed by atoms with van der Waals surface area (Å²) in [7, 11) is 0. The number of hydrogen-bond acceptors (Lipinski definition) is 5. The summed E-state index contributed by atoms with van der Waals surface area (Å²) in [6.07, 6.45) is 6.95. The zero-order valence-corrected chi connectivity index (χ0v) is 15.5. The highest BCUT2D eigenvalue weighted by Crippen LogP contribution is 2.15. The Morgan fingerprint density at radius 3 is 2.43 bits per heavy atom. The van der Waals surface area contributed by atoms with Crippen molar-refractivity contribution in [2.24, 2.45) is 0 Å². The molecular formula is C20H22N6O2. The number of nitrogens with one attached hydrogen (secondary N) is 2. The average Bonchev–Trinajstić information content (AvgIpc) is 3.15. The van der Waals surface area contributed by atoms with Crippen LogP contribution < -0.4 is 10.6 Å². The van der Waals surface area contributed by atoms with Crippen LogP contribution in [0, 0.1) is 0 Å². The molecule has 144 valence electrons. The maximum atomic E-state index is 12.4. The van der Waals surface area contributed by atoms with E-state index in [0.717, 1.165) is 25.9 Å². The van der Waals surface area contributed by atoms with Gasteiger partial charge < -0.3 is 10.6 Å². The van der Waals surface area contributed by atoms with Crippen molar-refractivity contribution in [2.75, 3.05) is 30.3 Å². The highest BCUT2D eigenvalue weighted by molar-refractivity contribution is 6.03. The zero-order valence-electron chi connectivity index (χ0n) is 15.5. The van der Waals surface area contributed by atoms with Gasteiger partial charge in [-0.05, 0) is 56.3 Å². The highest BCUT2D eigenvalue weighted by atomic mass is 16.2. The molecule has 1 aromatic carbocycles. The van der Waals surface area contributed by atoms with E-state index in [1.807, 2.05) is 0 Å². The Kier molecular flexibility index (Phi) is 5.29. The second kappa shape index (κ2) is 8.18. The van der Waals surface area contributed by atoms with E-state index in [-0.39, 0.29) is 17.5 Å². The minimum Gasteiger partial charge on any atom is -0.325 e. The van der Waals surface area contributed by atoms with Gasteiger partial charge in [0.15, 0.2) is 11.3 Å². The molecule has 3 aromatic rings. The number of amides is 2. The van der Waals surface area contributed by atoms with Crippen molar-refractivity contribution in [1.82, 2.24) is 19.5 Å². The van der Waals surface area contributed by atoms with E-state index in [0.29, 0.717) is 23.6 Å². The van der Waals surface area contributed by atoms with Crippen LogP contribution in [0.3, 0.4) is 0 Å². The molecule has 2 amide bonds. The fraction of sp³-hybridized carbons (Fsp3) is 0.300. The summed E-state index contributed by atoms with van der Waals surface area (Å²) in [4.78, 5) is 30.9. The number of carbonyl (C=O) groups is 2. The predicted octanol–water partition coefficient (Wildman–Crippen LogP) is 2.41. The topological polar surface area (TPSA) is 91.6 Å². The van der Waals surface area contributed by atoms with Crippen LogP contribution in [-0.2, 0) is 4.79 Å². The molecule has 28 heavy (non-hydrogen) atoms. The number of benzene rings is 1. The molecule has 0 saturated carbocycles. The molecule has 1 fully saturated rings. The number of fused-ring (bicyclic) bond motifs is 1. The summed E-state index contributed by atoms with van der Waals surface area (Å²) in [5.74, 6) is -0.330. The molecular weight excluding hydrogens is 356 g/mol. The molecule has 1 saturated heterocycles. The van der Waals surface area contributed by atoms with Crippen LogP contribution in [0.1, 0.15) is 29.8 Å². The molecule has 1 aliphatic heterocycles. The van der Waals surface area contributed by atoms with Gasteiger partial charge in [0.1, 0.15) is 0 Å². The Morgan fingerprint density at radius 1 is 1.00 bits per heavy atom. The van der Waals surface area contributed by atoms with E-state index >= 15 is 0 Å². The number of carbonyl (C=O) groups excluding carboxylic acids is 2. The summed E-state index contributed by atoms with van der Waals surface area (Å²) in [5.41, 5.74) is 2.23. The molecule has 0 radical (unpaired) electrons. The third-order valence-electron chi connectivity index (χ3n) is 4.71. The standard InChI is InChI=1S/C20H22N6O2/c27-19(14-25-10-2-1-3-11-25)22-15-5-7-16(8-6-15)23-20(28)17-13-18-21-9-4-12-26(18)24-17/h4-9,12-13H,1-3,10-11,14H2,(H,22,27)(H,23,28). The Morgan fingerprint density at radius 2 is 1.71 bits per heavy atom. The van der Waals surface area contributed by atoms with Gasteiger partial charge in [0.2, 0.25) is 5.91 Å². The van der Waals surface area contributed by atoms with Crippen molar-refractivity contribution in [2.45, 2.75) is 19.3 Å². The number of piperidine rings is 1. The normalized spacial score (nSPS) is 14.7. The van der Waals surface area contributed by atoms with Gasteiger partial charge in [-0.3, -0.25) is 14.5 Å². The SMILES string of the molecule is O=C(CN1CCCCC1)Nc1ccc(NC(=O)c2cc3ncccn3n2)cc1. The summed E-state index contributed by atoms with van der Waals surface area (Å²) in [5, 5.41) is 9.91. The largest absolute Gasteiger partial charge is 0.325 e. The Balaban J connectivity index is 1.33. The summed E-state index contributed by atoms with van der Waals surface area (Å²) < 4.78 is 1.55. The molecule has 0 aliphatic carbocycles. The van der Waals surface area contributed by atoms with Gasteiger partial charge in [-0.15, -0.1) is 0 Å². The number of aromatic nitrogens is 3. The van der Waals surface area contributed by atoms with Gasteiger partial charge >= 0.3 is 0 Å². The minimum absolute atomic E-state index is 0.0177. The molecule has 3 heterocycles. The molecule has 0 unspecified atom stereocenters. The molecule has 0 spiro atoms. The maximum absolute atomic E-state index is 12.4. The first-order valence-electron chi connectivity index (χ1n) is 9.41. The van der Waals surface area contributed by atoms with Crippen LogP contribution in [0.15, 0.2) is 48.8 Å². The van der Waals surface area contributed by atoms with Gasteiger partial charge in [0.25, 0.3) is 5.91 Å². The Bertz CT molecular complexity index is 943. The Hall–Kier alpha value is -3.26. The third kappa shape index (κ3) is 4.34. The van der Waals surface area contributed by atoms with Crippen molar-refractivity contribution in [3.63, 3.8) is 0 Å². The number of likely N-dealkylation sites (tertiary alicyclic amines) is 1. The van der Waals surface area contributed by atoms with E-state index < -0.39 is 0 Å². The van der Waals surface area contributed by atoms with E-state index in [2.05, 4.69) is 25.6 Å². The monoisotopic (exact) mass is 378 g/mol. The van der Waals surface area contributed by atoms with Crippen LogP contribution in [0.5, 0.6) is 0 Å². The first-order valence-corrected chi connectivity index (χ1v) is 9.41. The van der Waals surface area contributed by atoms with E-state index in [1.165, 1.54) is 6.42 Å². The van der Waals surface area contributed by atoms with Crippen LogP contribution in [0.25, 0.3) is 5.65 Å². The van der Waals surface area contributed by atoms with Gasteiger partial charge in [-0.2, -0.15) is 5.10 Å². The molecule has 1 aliphatic rings. The Labute approximate surface area is 162 Å². The average molecular weight is 378 g/mol. The van der Waals surface area contributed by atoms with E-state index in [4.69, 9.17) is 0 Å². The highest BCUT2D eigenvalue weighted by Gasteiger charge is 2.14. The van der Waals surface area contributed by atoms with Crippen molar-refractivity contribution >= 4 is 28.8 Å². The summed E-state index contributed by atoms with van der Waals surface area (Å²) in [6.45, 7) is 2.38. The molecule has 0 atom stereocenters. The minimum atomic E-state index is -0.313. The fourth-order valence-electron chi connectivity index (χ4n) is 3.29. The van der Waals surface area contributed by atoms with Gasteiger partial charge in [0, 0.05) is 29.8 Å². The lowest BCUT2D eigenvalue weighted by molar-refractivity contribution is -0.117. The quantitative estimate of drug-likeness (QED) is 0.711. The lowest BCUT2D eigenvalue weighted by Gasteiger charge is -2.25. The van der Waals surface area contributed by atoms with Gasteiger partial charge in [-0.25, -0.2) is 9.50 Å². The van der Waals surface area contributed by atoms with Crippen LogP contribution in [0.4, 0.5) is 11.4 Å². The van der Waals surface area contributed by atoms with Gasteiger partial charge in [0.05, 0.1) is 6.54 Å². The molecule has 2 N–H and O–H groups in total. The van der Waals surface area contributed by atoms with Crippen LogP contribution >= 0.6 is 0 Å². The van der Waals surface area contributed by atoms with Crippen molar-refractivity contribution in [1.29, 1.82) is 0 Å². The fourth-order valence-corrected chi connectivity index (χ4v) is 3.29. The van der Waals surface area contributed by atoms with Crippen molar-refractivity contribution in [3.05, 3.63) is 54.5 Å². The molecule has 0 bridgehead atoms. The number of rotatable bonds is 5. The maximum Gasteiger partial charge on any atom is 0.276 e. The second-order valence-corrected chi connectivity index (χ2v) is 6.87. The molecule has 8 nitrogen and oxygen atoms in total. The lowest BCUT2D eigenvalue weighted by Crippen LogP contribution is -2.36. The van der Waals surface area contributed by atoms with Gasteiger partial charge in [-0.1, -0.05) is 6.42 Å². The first-order chi connectivity index (χ1) is 13.7. The molecule has 4 rings (SSSR count). The van der Waals surface area contributed by atoms with E-state index in [1.54, 1.807) is 53.3 Å². The summed E-state index contributed by atoms with van der Waals surface area (Å²) in [6, 6.07) is 10.4. The summed E-state index contributed by atoms with van der Waals surface area (Å²) >= 11 is 0. The second-order valence-electron chi connectivity index (χ2n) is 6.87. The lowest BCUT2D eigenvalue weighted by atomic mass is 10.1. The van der Waals surface area contributed by atoms with Crippen molar-refractivity contribution < 1.29 is 9.59 Å². The van der Waals surface area contributed by atoms with Crippen molar-refractivity contribution in [3.8, 4) is 0 Å². The predicted molar refractivity (Wildman–Crippen MR) is 106 cm³/mol. The third-order valence-corrected chi connectivity index (χ3v) is 4.71. The smallest absolute Gasteiger partial charge is 0.276 e. The number of nitrogens with zero attached hydrogens (tertiary/aromatic N) is 4. The molecule has 8 heteroatoms. The number of hydrogen-bond donors (Lipinski definition) is 2. The zero-order chi connectivity index (χ0) is 19.3. The van der Waals surface area contributed by atoms with E-state index in [9.17, 15) is 9.59 Å². The van der Waals surface area contributed by atoms with Crippen LogP contribution in [0.2, 0.25) is 0 Å².